The molecule has 18 heavy (non-hydrogen) atoms. The third-order valence-electron chi connectivity index (χ3n) is 2.62. The minimum Gasteiger partial charge on any atom is -0.382 e. The summed E-state index contributed by atoms with van der Waals surface area (Å²) in [5.41, 5.74) is 2.15. The smallest absolute Gasteiger partial charge is 0.129 e. The van der Waals surface area contributed by atoms with Crippen LogP contribution in [0.3, 0.4) is 0 Å². The van der Waals surface area contributed by atoms with E-state index in [0.29, 0.717) is 6.61 Å². The number of ether oxygens (including phenoxy) is 1. The van der Waals surface area contributed by atoms with Crippen LogP contribution in [0.25, 0.3) is 0 Å². The molecular formula is C14H15BrN2O. The number of methoxy groups -OCH3 is 1. The molecule has 3 nitrogen and oxygen atoms in total. The normalized spacial score (nSPS) is 12.1. The Morgan fingerprint density at radius 2 is 2.00 bits per heavy atom. The van der Waals surface area contributed by atoms with Crippen LogP contribution in [0.4, 0.5) is 5.69 Å². The highest BCUT2D eigenvalue weighted by Crippen LogP contribution is 2.24. The van der Waals surface area contributed by atoms with E-state index in [1.807, 2.05) is 30.3 Å². The molecule has 0 fully saturated rings. The van der Waals surface area contributed by atoms with Gasteiger partial charge < -0.3 is 10.1 Å². The Balaban J connectivity index is 2.19. The fraction of sp³-hybridized carbons (Fsp3) is 0.214. The van der Waals surface area contributed by atoms with E-state index in [0.717, 1.165) is 10.3 Å². The van der Waals surface area contributed by atoms with Crippen LogP contribution in [-0.2, 0) is 4.74 Å². The summed E-state index contributed by atoms with van der Waals surface area (Å²) in [7, 11) is 1.70. The number of anilines is 1. The van der Waals surface area contributed by atoms with Crippen molar-refractivity contribution >= 4 is 21.6 Å². The molecular weight excluding hydrogens is 292 g/mol. The van der Waals surface area contributed by atoms with Crippen LogP contribution in [0.15, 0.2) is 53.3 Å². The SMILES string of the molecule is COCC(Nc1cccnc1Br)c1ccccc1. The van der Waals surface area contributed by atoms with E-state index < -0.39 is 0 Å². The highest BCUT2D eigenvalue weighted by Gasteiger charge is 2.12. The quantitative estimate of drug-likeness (QED) is 0.856. The van der Waals surface area contributed by atoms with Gasteiger partial charge in [0.05, 0.1) is 18.3 Å². The Labute approximate surface area is 115 Å². The lowest BCUT2D eigenvalue weighted by Crippen LogP contribution is -2.16. The number of hydrogen-bond donors (Lipinski definition) is 1. The van der Waals surface area contributed by atoms with Crippen molar-refractivity contribution in [2.24, 2.45) is 0 Å². The molecule has 1 unspecified atom stereocenters. The molecule has 0 saturated heterocycles. The number of hydrogen-bond acceptors (Lipinski definition) is 3. The molecule has 4 heteroatoms. The van der Waals surface area contributed by atoms with Crippen molar-refractivity contribution < 1.29 is 4.74 Å². The number of rotatable bonds is 5. The van der Waals surface area contributed by atoms with Gasteiger partial charge in [-0.15, -0.1) is 0 Å². The van der Waals surface area contributed by atoms with Crippen LogP contribution in [0.5, 0.6) is 0 Å². The number of pyridine rings is 1. The largest absolute Gasteiger partial charge is 0.382 e. The second-order valence-corrected chi connectivity index (χ2v) is 4.66. The number of benzene rings is 1. The Morgan fingerprint density at radius 1 is 1.22 bits per heavy atom. The lowest BCUT2D eigenvalue weighted by molar-refractivity contribution is 0.186. The van der Waals surface area contributed by atoms with E-state index in [4.69, 9.17) is 4.74 Å². The Kier molecular flexibility index (Phi) is 4.73. The monoisotopic (exact) mass is 306 g/mol. The van der Waals surface area contributed by atoms with Gasteiger partial charge in [0, 0.05) is 13.3 Å². The van der Waals surface area contributed by atoms with Crippen LogP contribution in [0.2, 0.25) is 0 Å². The molecule has 2 rings (SSSR count). The molecule has 0 bridgehead atoms. The van der Waals surface area contributed by atoms with Gasteiger partial charge in [0.25, 0.3) is 0 Å². The zero-order valence-corrected chi connectivity index (χ0v) is 11.7. The number of aromatic nitrogens is 1. The van der Waals surface area contributed by atoms with Crippen molar-refractivity contribution in [2.45, 2.75) is 6.04 Å². The molecule has 2 aromatic rings. The lowest BCUT2D eigenvalue weighted by atomic mass is 10.1. The summed E-state index contributed by atoms with van der Waals surface area (Å²) in [4.78, 5) is 4.20. The van der Waals surface area contributed by atoms with Crippen molar-refractivity contribution in [1.82, 2.24) is 4.98 Å². The Hall–Kier alpha value is -1.39. The molecule has 0 spiro atoms. The van der Waals surface area contributed by atoms with E-state index in [2.05, 4.69) is 38.4 Å². The highest BCUT2D eigenvalue weighted by atomic mass is 79.9. The van der Waals surface area contributed by atoms with Gasteiger partial charge >= 0.3 is 0 Å². The van der Waals surface area contributed by atoms with E-state index in [9.17, 15) is 0 Å². The fourth-order valence-corrected chi connectivity index (χ4v) is 2.12. The first-order valence-electron chi connectivity index (χ1n) is 5.72. The van der Waals surface area contributed by atoms with E-state index in [1.54, 1.807) is 13.3 Å². The third kappa shape index (κ3) is 3.31. The first-order valence-corrected chi connectivity index (χ1v) is 6.51. The van der Waals surface area contributed by atoms with Crippen molar-refractivity contribution in [2.75, 3.05) is 19.0 Å². The van der Waals surface area contributed by atoms with E-state index >= 15 is 0 Å². The van der Waals surface area contributed by atoms with Crippen molar-refractivity contribution in [1.29, 1.82) is 0 Å². The first kappa shape index (κ1) is 13.1. The van der Waals surface area contributed by atoms with Gasteiger partial charge in [-0.3, -0.25) is 0 Å². The number of nitrogens with zero attached hydrogens (tertiary/aromatic N) is 1. The molecule has 0 aliphatic rings. The summed E-state index contributed by atoms with van der Waals surface area (Å²) >= 11 is 3.43. The predicted octanol–water partition coefficient (Wildman–Crippen LogP) is 3.64. The van der Waals surface area contributed by atoms with Crippen molar-refractivity contribution in [3.63, 3.8) is 0 Å². The van der Waals surface area contributed by atoms with E-state index in [1.165, 1.54) is 5.56 Å². The van der Waals surface area contributed by atoms with Gasteiger partial charge in [-0.2, -0.15) is 0 Å². The van der Waals surface area contributed by atoms with Crippen LogP contribution in [-0.4, -0.2) is 18.7 Å². The van der Waals surface area contributed by atoms with Crippen LogP contribution >= 0.6 is 15.9 Å². The van der Waals surface area contributed by atoms with E-state index in [-0.39, 0.29) is 6.04 Å². The van der Waals surface area contributed by atoms with Gasteiger partial charge in [-0.1, -0.05) is 30.3 Å². The zero-order valence-electron chi connectivity index (χ0n) is 10.1. The molecule has 1 aromatic heterocycles. The average Bonchev–Trinajstić information content (AvgIpc) is 2.42. The van der Waals surface area contributed by atoms with Crippen molar-refractivity contribution in [3.05, 3.63) is 58.8 Å². The third-order valence-corrected chi connectivity index (χ3v) is 3.26. The summed E-state index contributed by atoms with van der Waals surface area (Å²) in [6, 6.07) is 14.2. The number of nitrogens with one attached hydrogen (secondary N) is 1. The molecule has 0 radical (unpaired) electrons. The topological polar surface area (TPSA) is 34.1 Å². The maximum absolute atomic E-state index is 5.27. The second-order valence-electron chi connectivity index (χ2n) is 3.90. The lowest BCUT2D eigenvalue weighted by Gasteiger charge is -2.20. The van der Waals surface area contributed by atoms with Crippen LogP contribution < -0.4 is 5.32 Å². The van der Waals surface area contributed by atoms with Gasteiger partial charge in [0.2, 0.25) is 0 Å². The fourth-order valence-electron chi connectivity index (χ4n) is 1.75. The second kappa shape index (κ2) is 6.52. The van der Waals surface area contributed by atoms with Gasteiger partial charge in [0.15, 0.2) is 0 Å². The molecule has 1 aromatic carbocycles. The molecule has 94 valence electrons. The summed E-state index contributed by atoms with van der Waals surface area (Å²) in [6.45, 7) is 0.603. The minimum atomic E-state index is 0.108. The molecule has 1 heterocycles. The van der Waals surface area contributed by atoms with Gasteiger partial charge in [-0.25, -0.2) is 4.98 Å². The predicted molar refractivity (Wildman–Crippen MR) is 76.6 cm³/mol. The maximum Gasteiger partial charge on any atom is 0.129 e. The van der Waals surface area contributed by atoms with Crippen molar-refractivity contribution in [3.8, 4) is 0 Å². The highest BCUT2D eigenvalue weighted by molar-refractivity contribution is 9.10. The summed E-state index contributed by atoms with van der Waals surface area (Å²) in [6.07, 6.45) is 1.75. The molecule has 0 saturated carbocycles. The summed E-state index contributed by atoms with van der Waals surface area (Å²) in [5, 5.41) is 3.43. The Bertz CT molecular complexity index is 490. The maximum atomic E-state index is 5.27. The first-order chi connectivity index (χ1) is 8.81. The zero-order chi connectivity index (χ0) is 12.8. The molecule has 0 aliphatic carbocycles. The molecule has 1 atom stereocenters. The molecule has 0 aliphatic heterocycles. The number of halogens is 1. The Morgan fingerprint density at radius 3 is 2.67 bits per heavy atom. The van der Waals surface area contributed by atoms with Crippen LogP contribution in [0.1, 0.15) is 11.6 Å². The standard InChI is InChI=1S/C14H15BrN2O/c1-18-10-13(11-6-3-2-4-7-11)17-12-8-5-9-16-14(12)15/h2-9,13,17H,10H2,1H3. The summed E-state index contributed by atoms with van der Waals surface area (Å²) < 4.78 is 6.08. The van der Waals surface area contributed by atoms with Crippen LogP contribution in [0, 0.1) is 0 Å². The molecule has 0 amide bonds. The summed E-state index contributed by atoms with van der Waals surface area (Å²) in [5.74, 6) is 0. The minimum absolute atomic E-state index is 0.108. The van der Waals surface area contributed by atoms with Gasteiger partial charge in [-0.05, 0) is 33.6 Å². The molecule has 1 N–H and O–H groups in total. The average molecular weight is 307 g/mol. The van der Waals surface area contributed by atoms with Gasteiger partial charge in [0.1, 0.15) is 4.60 Å².